The molecule has 8 heteroatoms. The van der Waals surface area contributed by atoms with Crippen LogP contribution in [0.25, 0.3) is 10.9 Å². The molecule has 0 radical (unpaired) electrons. The zero-order valence-electron chi connectivity index (χ0n) is 15.0. The molecular formula is C20H17Cl2N3O3. The van der Waals surface area contributed by atoms with Gasteiger partial charge in [0.2, 0.25) is 5.91 Å². The standard InChI is InChI=1S/C20H17Cl2N3O3/c1-2-3-18(27)24-14-6-4-12(5-7-14)17(26)10-25-11-23-19-15(20(25)28)8-13(21)9-16(19)22/h4-9,11H,2-3,10H2,1H3,(H,24,27). The van der Waals surface area contributed by atoms with Gasteiger partial charge in [0.25, 0.3) is 5.56 Å². The first-order valence-electron chi connectivity index (χ1n) is 8.66. The van der Waals surface area contributed by atoms with Gasteiger partial charge in [-0.05, 0) is 42.8 Å². The molecule has 0 aliphatic rings. The number of hydrogen-bond donors (Lipinski definition) is 1. The van der Waals surface area contributed by atoms with E-state index in [0.717, 1.165) is 6.42 Å². The third kappa shape index (κ3) is 4.40. The maximum absolute atomic E-state index is 12.6. The largest absolute Gasteiger partial charge is 0.326 e. The summed E-state index contributed by atoms with van der Waals surface area (Å²) in [6.07, 6.45) is 2.49. The van der Waals surface area contributed by atoms with E-state index in [4.69, 9.17) is 23.2 Å². The fourth-order valence-electron chi connectivity index (χ4n) is 2.74. The summed E-state index contributed by atoms with van der Waals surface area (Å²) in [5.41, 5.74) is 0.978. The molecule has 6 nitrogen and oxygen atoms in total. The second-order valence-corrected chi connectivity index (χ2v) is 7.10. The number of nitrogens with one attached hydrogen (secondary N) is 1. The summed E-state index contributed by atoms with van der Waals surface area (Å²) >= 11 is 12.0. The van der Waals surface area contributed by atoms with Crippen LogP contribution in [0.2, 0.25) is 10.0 Å². The third-order valence-corrected chi connectivity index (χ3v) is 4.63. The minimum Gasteiger partial charge on any atom is -0.326 e. The molecule has 144 valence electrons. The SMILES string of the molecule is CCCC(=O)Nc1ccc(C(=O)Cn2cnc3c(Cl)cc(Cl)cc3c2=O)cc1. The molecular weight excluding hydrogens is 401 g/mol. The number of aromatic nitrogens is 2. The zero-order chi connectivity index (χ0) is 20.3. The minimum atomic E-state index is -0.397. The number of carbonyl (C=O) groups is 2. The molecule has 3 aromatic rings. The Bertz CT molecular complexity index is 1110. The molecule has 1 amide bonds. The van der Waals surface area contributed by atoms with E-state index in [0.29, 0.717) is 28.2 Å². The first-order valence-corrected chi connectivity index (χ1v) is 9.42. The van der Waals surface area contributed by atoms with Crippen molar-refractivity contribution < 1.29 is 9.59 Å². The van der Waals surface area contributed by atoms with Gasteiger partial charge in [0.15, 0.2) is 5.78 Å². The summed E-state index contributed by atoms with van der Waals surface area (Å²) < 4.78 is 1.22. The first kappa shape index (κ1) is 20.0. The third-order valence-electron chi connectivity index (χ3n) is 4.13. The van der Waals surface area contributed by atoms with E-state index >= 15 is 0 Å². The predicted molar refractivity (Wildman–Crippen MR) is 110 cm³/mol. The van der Waals surface area contributed by atoms with Crippen molar-refractivity contribution in [3.05, 3.63) is 68.7 Å². The zero-order valence-corrected chi connectivity index (χ0v) is 16.5. The molecule has 0 fully saturated rings. The number of halogens is 2. The summed E-state index contributed by atoms with van der Waals surface area (Å²) in [5, 5.41) is 3.61. The number of ketones is 1. The monoisotopic (exact) mass is 417 g/mol. The van der Waals surface area contributed by atoms with Gasteiger partial charge >= 0.3 is 0 Å². The van der Waals surface area contributed by atoms with Crippen LogP contribution in [0.1, 0.15) is 30.1 Å². The van der Waals surface area contributed by atoms with Crippen LogP contribution in [-0.2, 0) is 11.3 Å². The van der Waals surface area contributed by atoms with E-state index in [-0.39, 0.29) is 28.6 Å². The van der Waals surface area contributed by atoms with Gasteiger partial charge < -0.3 is 5.32 Å². The van der Waals surface area contributed by atoms with Crippen molar-refractivity contribution in [3.8, 4) is 0 Å². The van der Waals surface area contributed by atoms with Gasteiger partial charge in [-0.1, -0.05) is 30.1 Å². The number of benzene rings is 2. The van der Waals surface area contributed by atoms with Crippen LogP contribution in [-0.4, -0.2) is 21.2 Å². The molecule has 2 aromatic carbocycles. The van der Waals surface area contributed by atoms with Gasteiger partial charge in [-0.15, -0.1) is 0 Å². The van der Waals surface area contributed by atoms with Crippen molar-refractivity contribution in [3.63, 3.8) is 0 Å². The summed E-state index contributed by atoms with van der Waals surface area (Å²) in [6, 6.07) is 9.51. The van der Waals surface area contributed by atoms with Crippen LogP contribution in [0.4, 0.5) is 5.69 Å². The number of Topliss-reactive ketones (excluding diaryl/α,β-unsaturated/α-hetero) is 1. The van der Waals surface area contributed by atoms with Gasteiger partial charge in [0, 0.05) is 22.7 Å². The Morgan fingerprint density at radius 1 is 1.14 bits per heavy atom. The second-order valence-electron chi connectivity index (χ2n) is 6.26. The van der Waals surface area contributed by atoms with Gasteiger partial charge in [-0.3, -0.25) is 19.0 Å². The van der Waals surface area contributed by atoms with E-state index in [9.17, 15) is 14.4 Å². The molecule has 1 N–H and O–H groups in total. The van der Waals surface area contributed by atoms with Crippen molar-refractivity contribution >= 4 is 51.5 Å². The maximum atomic E-state index is 12.6. The first-order chi connectivity index (χ1) is 13.4. The molecule has 3 rings (SSSR count). The van der Waals surface area contributed by atoms with Crippen molar-refractivity contribution in [1.29, 1.82) is 0 Å². The van der Waals surface area contributed by atoms with E-state index in [1.165, 1.54) is 23.0 Å². The van der Waals surface area contributed by atoms with E-state index in [1.54, 1.807) is 24.3 Å². The van der Waals surface area contributed by atoms with Crippen molar-refractivity contribution in [2.24, 2.45) is 0 Å². The van der Waals surface area contributed by atoms with Crippen LogP contribution < -0.4 is 10.9 Å². The highest BCUT2D eigenvalue weighted by atomic mass is 35.5. The van der Waals surface area contributed by atoms with E-state index in [2.05, 4.69) is 10.3 Å². The lowest BCUT2D eigenvalue weighted by Gasteiger charge is -2.08. The highest BCUT2D eigenvalue weighted by Crippen LogP contribution is 2.24. The second kappa shape index (κ2) is 8.54. The highest BCUT2D eigenvalue weighted by molar-refractivity contribution is 6.38. The number of nitrogens with zero attached hydrogens (tertiary/aromatic N) is 2. The lowest BCUT2D eigenvalue weighted by Crippen LogP contribution is -2.24. The topological polar surface area (TPSA) is 81.1 Å². The normalized spacial score (nSPS) is 10.8. The molecule has 0 aliphatic carbocycles. The molecule has 1 aromatic heterocycles. The molecule has 0 atom stereocenters. The molecule has 0 saturated heterocycles. The van der Waals surface area contributed by atoms with Crippen molar-refractivity contribution in [2.75, 3.05) is 5.32 Å². The summed E-state index contributed by atoms with van der Waals surface area (Å²) in [7, 11) is 0. The van der Waals surface area contributed by atoms with Crippen LogP contribution in [0.15, 0.2) is 47.5 Å². The molecule has 0 unspecified atom stereocenters. The molecule has 0 saturated carbocycles. The lowest BCUT2D eigenvalue weighted by molar-refractivity contribution is -0.116. The Morgan fingerprint density at radius 3 is 2.54 bits per heavy atom. The number of anilines is 1. The van der Waals surface area contributed by atoms with Gasteiger partial charge in [-0.2, -0.15) is 0 Å². The Labute approximate surface area is 171 Å². The smallest absolute Gasteiger partial charge is 0.261 e. The summed E-state index contributed by atoms with van der Waals surface area (Å²) in [6.45, 7) is 1.75. The summed E-state index contributed by atoms with van der Waals surface area (Å²) in [4.78, 5) is 41.0. The molecule has 28 heavy (non-hydrogen) atoms. The molecule has 1 heterocycles. The average Bonchev–Trinajstić information content (AvgIpc) is 2.65. The fraction of sp³-hybridized carbons (Fsp3) is 0.200. The minimum absolute atomic E-state index is 0.0762. The van der Waals surface area contributed by atoms with Gasteiger partial charge in [0.1, 0.15) is 0 Å². The summed E-state index contributed by atoms with van der Waals surface area (Å²) in [5.74, 6) is -0.338. The Hall–Kier alpha value is -2.70. The number of rotatable bonds is 6. The molecule has 0 bridgehead atoms. The van der Waals surface area contributed by atoms with Crippen LogP contribution in [0.5, 0.6) is 0 Å². The fourth-order valence-corrected chi connectivity index (χ4v) is 3.29. The molecule has 0 spiro atoms. The van der Waals surface area contributed by atoms with E-state index in [1.807, 2.05) is 6.92 Å². The van der Waals surface area contributed by atoms with Crippen molar-refractivity contribution in [1.82, 2.24) is 9.55 Å². The number of carbonyl (C=O) groups excluding carboxylic acids is 2. The van der Waals surface area contributed by atoms with E-state index < -0.39 is 5.56 Å². The predicted octanol–water partition coefficient (Wildman–Crippen LogP) is 4.32. The maximum Gasteiger partial charge on any atom is 0.261 e. The number of hydrogen-bond acceptors (Lipinski definition) is 4. The van der Waals surface area contributed by atoms with Crippen LogP contribution in [0.3, 0.4) is 0 Å². The Balaban J connectivity index is 1.80. The van der Waals surface area contributed by atoms with Crippen LogP contribution >= 0.6 is 23.2 Å². The van der Waals surface area contributed by atoms with Gasteiger partial charge in [-0.25, -0.2) is 4.98 Å². The van der Waals surface area contributed by atoms with Crippen LogP contribution in [0, 0.1) is 0 Å². The van der Waals surface area contributed by atoms with Crippen molar-refractivity contribution in [2.45, 2.75) is 26.3 Å². The highest BCUT2D eigenvalue weighted by Gasteiger charge is 2.13. The Morgan fingerprint density at radius 2 is 1.86 bits per heavy atom. The average molecular weight is 418 g/mol. The van der Waals surface area contributed by atoms with Gasteiger partial charge in [0.05, 0.1) is 28.8 Å². The number of amides is 1. The lowest BCUT2D eigenvalue weighted by atomic mass is 10.1. The number of fused-ring (bicyclic) bond motifs is 1. The Kier molecular flexibility index (Phi) is 6.11. The molecule has 0 aliphatic heterocycles. The quantitative estimate of drug-likeness (QED) is 0.605.